The van der Waals surface area contributed by atoms with Gasteiger partial charge in [-0.25, -0.2) is 4.68 Å². The van der Waals surface area contributed by atoms with Crippen molar-refractivity contribution >= 4 is 23.5 Å². The van der Waals surface area contributed by atoms with Crippen molar-refractivity contribution in [1.82, 2.24) is 9.78 Å². The third-order valence-corrected chi connectivity index (χ3v) is 5.35. The maximum Gasteiger partial charge on any atom is 0.260 e. The molecule has 0 atom stereocenters. The molecule has 0 unspecified atom stereocenters. The minimum Gasteiger partial charge on any atom is -0.496 e. The quantitative estimate of drug-likeness (QED) is 0.753. The number of fused-ring (bicyclic) bond motifs is 1. The maximum atomic E-state index is 12.9. The van der Waals surface area contributed by atoms with Gasteiger partial charge in [0.25, 0.3) is 5.91 Å². The topological polar surface area (TPSA) is 56.1 Å². The monoisotopic (exact) mass is 365 g/mol. The first-order chi connectivity index (χ1) is 12.7. The van der Waals surface area contributed by atoms with Crippen LogP contribution >= 0.6 is 11.8 Å². The first-order valence-corrected chi connectivity index (χ1v) is 9.53. The highest BCUT2D eigenvalue weighted by Crippen LogP contribution is 2.36. The van der Waals surface area contributed by atoms with Gasteiger partial charge in [-0.2, -0.15) is 16.9 Å². The number of nitrogens with one attached hydrogen (secondary N) is 1. The van der Waals surface area contributed by atoms with Crippen molar-refractivity contribution in [3.05, 3.63) is 70.9 Å². The first kappa shape index (κ1) is 16.7. The van der Waals surface area contributed by atoms with Gasteiger partial charge in [0.2, 0.25) is 0 Å². The van der Waals surface area contributed by atoms with E-state index in [-0.39, 0.29) is 5.91 Å². The molecule has 3 aromatic rings. The zero-order valence-corrected chi connectivity index (χ0v) is 15.5. The van der Waals surface area contributed by atoms with Gasteiger partial charge in [0.15, 0.2) is 0 Å². The van der Waals surface area contributed by atoms with Crippen molar-refractivity contribution in [2.75, 3.05) is 12.4 Å². The Morgan fingerprint density at radius 2 is 2.04 bits per heavy atom. The average molecular weight is 365 g/mol. The summed E-state index contributed by atoms with van der Waals surface area (Å²) in [6, 6.07) is 15.3. The molecular formula is C20H19N3O2S. The van der Waals surface area contributed by atoms with Gasteiger partial charge in [-0.1, -0.05) is 24.3 Å². The zero-order valence-electron chi connectivity index (χ0n) is 14.7. The second-order valence-corrected chi connectivity index (χ2v) is 7.16. The van der Waals surface area contributed by atoms with Crippen LogP contribution in [0.4, 0.5) is 5.82 Å². The van der Waals surface area contributed by atoms with Crippen molar-refractivity contribution in [2.45, 2.75) is 18.4 Å². The minimum atomic E-state index is -0.198. The largest absolute Gasteiger partial charge is 0.496 e. The van der Waals surface area contributed by atoms with Gasteiger partial charge >= 0.3 is 0 Å². The summed E-state index contributed by atoms with van der Waals surface area (Å²) < 4.78 is 7.16. The number of methoxy groups -OCH3 is 1. The molecule has 5 nitrogen and oxygen atoms in total. The molecule has 0 radical (unpaired) electrons. The SMILES string of the molecule is COc1ccccc1C(=O)Nc1c2c(nn1-c1cccc(C)c1)CSC2. The van der Waals surface area contributed by atoms with Gasteiger partial charge in [0.1, 0.15) is 11.6 Å². The third-order valence-electron chi connectivity index (χ3n) is 4.38. The Morgan fingerprint density at radius 1 is 1.19 bits per heavy atom. The number of carbonyl (C=O) groups excluding carboxylic acids is 1. The highest BCUT2D eigenvalue weighted by atomic mass is 32.2. The molecule has 0 fully saturated rings. The number of hydrogen-bond acceptors (Lipinski definition) is 4. The van der Waals surface area contributed by atoms with Gasteiger partial charge in [0.05, 0.1) is 24.1 Å². The van der Waals surface area contributed by atoms with Gasteiger partial charge in [0, 0.05) is 17.1 Å². The molecule has 0 aliphatic carbocycles. The lowest BCUT2D eigenvalue weighted by Crippen LogP contribution is -2.17. The number of carbonyl (C=O) groups is 1. The van der Waals surface area contributed by atoms with Gasteiger partial charge in [-0.15, -0.1) is 0 Å². The molecule has 1 aromatic heterocycles. The fraction of sp³-hybridized carbons (Fsp3) is 0.200. The zero-order chi connectivity index (χ0) is 18.1. The molecule has 26 heavy (non-hydrogen) atoms. The van der Waals surface area contributed by atoms with E-state index in [1.54, 1.807) is 19.2 Å². The molecular weight excluding hydrogens is 346 g/mol. The number of aryl methyl sites for hydroxylation is 1. The average Bonchev–Trinajstić information content (AvgIpc) is 3.24. The number of anilines is 1. The van der Waals surface area contributed by atoms with Crippen LogP contribution in [0.1, 0.15) is 27.2 Å². The van der Waals surface area contributed by atoms with Gasteiger partial charge in [-0.05, 0) is 36.8 Å². The highest BCUT2D eigenvalue weighted by molar-refractivity contribution is 7.98. The summed E-state index contributed by atoms with van der Waals surface area (Å²) in [6.07, 6.45) is 0. The second-order valence-electron chi connectivity index (χ2n) is 6.17. The summed E-state index contributed by atoms with van der Waals surface area (Å²) in [7, 11) is 1.57. The fourth-order valence-electron chi connectivity index (χ4n) is 3.10. The Kier molecular flexibility index (Phi) is 4.42. The minimum absolute atomic E-state index is 0.198. The van der Waals surface area contributed by atoms with Crippen molar-refractivity contribution in [3.8, 4) is 11.4 Å². The van der Waals surface area contributed by atoms with E-state index >= 15 is 0 Å². The van der Waals surface area contributed by atoms with Crippen LogP contribution in [0.25, 0.3) is 5.69 Å². The molecule has 132 valence electrons. The molecule has 1 aliphatic rings. The molecule has 0 saturated heterocycles. The van der Waals surface area contributed by atoms with Gasteiger partial charge < -0.3 is 10.1 Å². The predicted octanol–water partition coefficient (Wildman–Crippen LogP) is 4.19. The van der Waals surface area contributed by atoms with Crippen LogP contribution in [-0.2, 0) is 11.5 Å². The standard InChI is InChI=1S/C20H19N3O2S/c1-13-6-5-7-14(10-13)23-19(16-11-26-12-17(16)22-23)21-20(24)15-8-3-4-9-18(15)25-2/h3-10H,11-12H2,1-2H3,(H,21,24). The van der Waals surface area contributed by atoms with Crippen LogP contribution in [0, 0.1) is 6.92 Å². The van der Waals surface area contributed by atoms with Crippen LogP contribution in [-0.4, -0.2) is 22.8 Å². The van der Waals surface area contributed by atoms with E-state index in [1.165, 1.54) is 0 Å². The number of thioether (sulfide) groups is 1. The van der Waals surface area contributed by atoms with E-state index in [9.17, 15) is 4.79 Å². The van der Waals surface area contributed by atoms with E-state index in [1.807, 2.05) is 53.7 Å². The normalized spacial score (nSPS) is 12.7. The number of rotatable bonds is 4. The smallest absolute Gasteiger partial charge is 0.260 e. The Labute approximate surface area is 156 Å². The third kappa shape index (κ3) is 2.97. The molecule has 1 amide bonds. The Hall–Kier alpha value is -2.73. The van der Waals surface area contributed by atoms with Gasteiger partial charge in [-0.3, -0.25) is 4.79 Å². The van der Waals surface area contributed by atoms with Crippen LogP contribution in [0.15, 0.2) is 48.5 Å². The molecule has 1 N–H and O–H groups in total. The lowest BCUT2D eigenvalue weighted by molar-refractivity contribution is 0.102. The van der Waals surface area contributed by atoms with Crippen molar-refractivity contribution < 1.29 is 9.53 Å². The number of benzene rings is 2. The fourth-order valence-corrected chi connectivity index (χ4v) is 4.13. The number of amides is 1. The molecule has 2 heterocycles. The lowest BCUT2D eigenvalue weighted by Gasteiger charge is -2.13. The summed E-state index contributed by atoms with van der Waals surface area (Å²) in [6.45, 7) is 2.05. The summed E-state index contributed by atoms with van der Waals surface area (Å²) in [5.74, 6) is 2.81. The van der Waals surface area contributed by atoms with Crippen molar-refractivity contribution in [3.63, 3.8) is 0 Å². The Balaban J connectivity index is 1.75. The van der Waals surface area contributed by atoms with Crippen LogP contribution < -0.4 is 10.1 Å². The molecule has 6 heteroatoms. The molecule has 2 aromatic carbocycles. The molecule has 0 bridgehead atoms. The molecule has 4 rings (SSSR count). The predicted molar refractivity (Wildman–Crippen MR) is 104 cm³/mol. The number of ether oxygens (including phenoxy) is 1. The van der Waals surface area contributed by atoms with E-state index < -0.39 is 0 Å². The van der Waals surface area contributed by atoms with Crippen LogP contribution in [0.5, 0.6) is 5.75 Å². The maximum absolute atomic E-state index is 12.9. The van der Waals surface area contributed by atoms with Crippen LogP contribution in [0.2, 0.25) is 0 Å². The summed E-state index contributed by atoms with van der Waals surface area (Å²) in [5.41, 5.74) is 4.73. The van der Waals surface area contributed by atoms with E-state index in [2.05, 4.69) is 11.4 Å². The van der Waals surface area contributed by atoms with Crippen LogP contribution in [0.3, 0.4) is 0 Å². The van der Waals surface area contributed by atoms with E-state index in [4.69, 9.17) is 9.84 Å². The second kappa shape index (κ2) is 6.88. The highest BCUT2D eigenvalue weighted by Gasteiger charge is 2.25. The van der Waals surface area contributed by atoms with E-state index in [0.29, 0.717) is 11.3 Å². The molecule has 0 saturated carbocycles. The van der Waals surface area contributed by atoms with Crippen molar-refractivity contribution in [1.29, 1.82) is 0 Å². The summed E-state index contributed by atoms with van der Waals surface area (Å²) >= 11 is 1.81. The number of nitrogens with zero attached hydrogens (tertiary/aromatic N) is 2. The first-order valence-electron chi connectivity index (χ1n) is 8.37. The summed E-state index contributed by atoms with van der Waals surface area (Å²) in [5, 5.41) is 7.81. The Bertz CT molecular complexity index is 981. The van der Waals surface area contributed by atoms with E-state index in [0.717, 1.165) is 39.8 Å². The summed E-state index contributed by atoms with van der Waals surface area (Å²) in [4.78, 5) is 12.9. The lowest BCUT2D eigenvalue weighted by atomic mass is 10.2. The Morgan fingerprint density at radius 3 is 2.85 bits per heavy atom. The number of aromatic nitrogens is 2. The van der Waals surface area contributed by atoms with Crippen molar-refractivity contribution in [2.24, 2.45) is 0 Å². The molecule has 0 spiro atoms. The number of hydrogen-bond donors (Lipinski definition) is 1. The molecule has 1 aliphatic heterocycles. The number of para-hydroxylation sites is 1.